The number of halogens is 1. The third kappa shape index (κ3) is 2.97. The number of benzene rings is 1. The number of ether oxygens (including phenoxy) is 1. The van der Waals surface area contributed by atoms with E-state index in [9.17, 15) is 8.42 Å². The highest BCUT2D eigenvalue weighted by molar-refractivity contribution is 7.89. The largest absolute Gasteiger partial charge is 0.497 e. The summed E-state index contributed by atoms with van der Waals surface area (Å²) in [6, 6.07) is 5.07. The van der Waals surface area contributed by atoms with Crippen molar-refractivity contribution in [2.75, 3.05) is 33.3 Å². The third-order valence-electron chi connectivity index (χ3n) is 4.54. The van der Waals surface area contributed by atoms with Crippen molar-refractivity contribution in [1.29, 1.82) is 0 Å². The molecular formula is C15H21ClN2O3S. The van der Waals surface area contributed by atoms with Crippen LogP contribution in [0.1, 0.15) is 19.3 Å². The lowest BCUT2D eigenvalue weighted by atomic mass is 10.2. The molecule has 3 rings (SSSR count). The molecular weight excluding hydrogens is 324 g/mol. The summed E-state index contributed by atoms with van der Waals surface area (Å²) in [4.78, 5) is 2.54. The van der Waals surface area contributed by atoms with Crippen molar-refractivity contribution in [3.05, 3.63) is 23.2 Å². The second-order valence-electron chi connectivity index (χ2n) is 5.84. The molecule has 2 fully saturated rings. The SMILES string of the molecule is COc1ccc(Cl)c(S(=O)(=O)N2CC[C@H](N3CCCC3)C2)c1. The van der Waals surface area contributed by atoms with Crippen LogP contribution in [0.3, 0.4) is 0 Å². The maximum atomic E-state index is 12.9. The van der Waals surface area contributed by atoms with Gasteiger partial charge in [0.1, 0.15) is 10.6 Å². The zero-order valence-electron chi connectivity index (χ0n) is 12.7. The Morgan fingerprint density at radius 3 is 2.64 bits per heavy atom. The zero-order valence-corrected chi connectivity index (χ0v) is 14.2. The van der Waals surface area contributed by atoms with Gasteiger partial charge in [0.25, 0.3) is 0 Å². The van der Waals surface area contributed by atoms with Gasteiger partial charge in [0.05, 0.1) is 12.1 Å². The van der Waals surface area contributed by atoms with Gasteiger partial charge < -0.3 is 4.74 Å². The highest BCUT2D eigenvalue weighted by atomic mass is 35.5. The molecule has 0 spiro atoms. The molecule has 1 aromatic rings. The number of nitrogens with zero attached hydrogens (tertiary/aromatic N) is 2. The summed E-state index contributed by atoms with van der Waals surface area (Å²) in [7, 11) is -2.06. The van der Waals surface area contributed by atoms with Crippen LogP contribution in [0.15, 0.2) is 23.1 Å². The minimum atomic E-state index is -3.57. The summed E-state index contributed by atoms with van der Waals surface area (Å²) in [5, 5.41) is 0.241. The Kier molecular flexibility index (Phi) is 4.64. The standard InChI is InChI=1S/C15H21ClN2O3S/c1-21-13-4-5-14(16)15(10-13)22(19,20)18-9-6-12(11-18)17-7-2-3-8-17/h4-5,10,12H,2-3,6-9,11H2,1H3/t12-/m0/s1. The van der Waals surface area contributed by atoms with E-state index in [0.717, 1.165) is 19.5 Å². The molecule has 0 amide bonds. The lowest BCUT2D eigenvalue weighted by molar-refractivity contribution is 0.251. The fourth-order valence-corrected chi connectivity index (χ4v) is 5.26. The number of sulfonamides is 1. The Hall–Kier alpha value is -0.820. The van der Waals surface area contributed by atoms with E-state index in [1.54, 1.807) is 16.4 Å². The van der Waals surface area contributed by atoms with Crippen molar-refractivity contribution in [3.8, 4) is 5.75 Å². The Morgan fingerprint density at radius 2 is 1.95 bits per heavy atom. The quantitative estimate of drug-likeness (QED) is 0.840. The van der Waals surface area contributed by atoms with E-state index < -0.39 is 10.0 Å². The van der Waals surface area contributed by atoms with Gasteiger partial charge in [-0.15, -0.1) is 0 Å². The molecule has 2 saturated heterocycles. The molecule has 0 radical (unpaired) electrons. The summed E-state index contributed by atoms with van der Waals surface area (Å²) < 4.78 is 32.4. The predicted molar refractivity (Wildman–Crippen MR) is 86.0 cm³/mol. The van der Waals surface area contributed by atoms with Crippen LogP contribution < -0.4 is 4.74 Å². The number of methoxy groups -OCH3 is 1. The minimum Gasteiger partial charge on any atom is -0.497 e. The van der Waals surface area contributed by atoms with Crippen LogP contribution in [0.5, 0.6) is 5.75 Å². The smallest absolute Gasteiger partial charge is 0.244 e. The molecule has 1 atom stereocenters. The van der Waals surface area contributed by atoms with Crippen molar-refractivity contribution in [2.45, 2.75) is 30.2 Å². The normalized spacial score (nSPS) is 24.0. The van der Waals surface area contributed by atoms with E-state index >= 15 is 0 Å². The number of likely N-dealkylation sites (tertiary alicyclic amines) is 1. The molecule has 5 nitrogen and oxygen atoms in total. The molecule has 2 aliphatic rings. The average Bonchev–Trinajstić information content (AvgIpc) is 3.18. The Bertz CT molecular complexity index is 644. The van der Waals surface area contributed by atoms with Crippen LogP contribution in [-0.2, 0) is 10.0 Å². The molecule has 7 heteroatoms. The lowest BCUT2D eigenvalue weighted by Crippen LogP contribution is -2.37. The van der Waals surface area contributed by atoms with Crippen molar-refractivity contribution in [1.82, 2.24) is 9.21 Å². The van der Waals surface area contributed by atoms with Crippen LogP contribution in [0, 0.1) is 0 Å². The lowest BCUT2D eigenvalue weighted by Gasteiger charge is -2.23. The van der Waals surface area contributed by atoms with Gasteiger partial charge in [-0.25, -0.2) is 8.42 Å². The minimum absolute atomic E-state index is 0.135. The summed E-state index contributed by atoms with van der Waals surface area (Å²) in [6.45, 7) is 3.27. The van der Waals surface area contributed by atoms with E-state index in [0.29, 0.717) is 24.9 Å². The zero-order chi connectivity index (χ0) is 15.7. The maximum Gasteiger partial charge on any atom is 0.244 e. The molecule has 2 heterocycles. The maximum absolute atomic E-state index is 12.9. The number of rotatable bonds is 4. The van der Waals surface area contributed by atoms with Crippen LogP contribution in [-0.4, -0.2) is 57.0 Å². The van der Waals surface area contributed by atoms with Gasteiger partial charge in [-0.05, 0) is 44.5 Å². The third-order valence-corrected chi connectivity index (χ3v) is 6.89. The summed E-state index contributed by atoms with van der Waals surface area (Å²) in [5.74, 6) is 0.498. The first-order valence-electron chi connectivity index (χ1n) is 7.60. The van der Waals surface area contributed by atoms with Crippen LogP contribution in [0.2, 0.25) is 5.02 Å². The van der Waals surface area contributed by atoms with Crippen LogP contribution >= 0.6 is 11.6 Å². The summed E-state index contributed by atoms with van der Waals surface area (Å²) in [5.41, 5.74) is 0. The Morgan fingerprint density at radius 1 is 1.23 bits per heavy atom. The van der Waals surface area contributed by atoms with E-state index in [4.69, 9.17) is 16.3 Å². The summed E-state index contributed by atoms with van der Waals surface area (Å²) in [6.07, 6.45) is 3.32. The first-order chi connectivity index (χ1) is 10.5. The highest BCUT2D eigenvalue weighted by Gasteiger charge is 2.36. The second-order valence-corrected chi connectivity index (χ2v) is 8.16. The number of hydrogen-bond acceptors (Lipinski definition) is 4. The van der Waals surface area contributed by atoms with E-state index in [-0.39, 0.29) is 9.92 Å². The molecule has 2 aliphatic heterocycles. The van der Waals surface area contributed by atoms with E-state index in [1.807, 2.05) is 0 Å². The van der Waals surface area contributed by atoms with Gasteiger partial charge in [0, 0.05) is 25.2 Å². The molecule has 0 unspecified atom stereocenters. The first kappa shape index (κ1) is 16.1. The topological polar surface area (TPSA) is 49.9 Å². The van der Waals surface area contributed by atoms with Crippen molar-refractivity contribution in [2.24, 2.45) is 0 Å². The van der Waals surface area contributed by atoms with E-state index in [2.05, 4.69) is 4.90 Å². The molecule has 0 saturated carbocycles. The molecule has 122 valence electrons. The van der Waals surface area contributed by atoms with Crippen molar-refractivity contribution >= 4 is 21.6 Å². The van der Waals surface area contributed by atoms with Crippen LogP contribution in [0.4, 0.5) is 0 Å². The van der Waals surface area contributed by atoms with Gasteiger partial charge in [0.15, 0.2) is 0 Å². The molecule has 0 aliphatic carbocycles. The Labute approximate surface area is 136 Å². The van der Waals surface area contributed by atoms with E-state index in [1.165, 1.54) is 26.0 Å². The second kappa shape index (κ2) is 6.35. The molecule has 0 bridgehead atoms. The molecule has 0 aromatic heterocycles. The van der Waals surface area contributed by atoms with Gasteiger partial charge in [-0.1, -0.05) is 11.6 Å². The fourth-order valence-electron chi connectivity index (χ4n) is 3.28. The van der Waals surface area contributed by atoms with Gasteiger partial charge in [-0.3, -0.25) is 4.90 Å². The average molecular weight is 345 g/mol. The fraction of sp³-hybridized carbons (Fsp3) is 0.600. The number of hydrogen-bond donors (Lipinski definition) is 0. The van der Waals surface area contributed by atoms with Crippen LogP contribution in [0.25, 0.3) is 0 Å². The predicted octanol–water partition coefficient (Wildman–Crippen LogP) is 2.21. The highest BCUT2D eigenvalue weighted by Crippen LogP contribution is 2.31. The molecule has 22 heavy (non-hydrogen) atoms. The monoisotopic (exact) mass is 344 g/mol. The molecule has 1 aromatic carbocycles. The van der Waals surface area contributed by atoms with Crippen molar-refractivity contribution in [3.63, 3.8) is 0 Å². The Balaban J connectivity index is 1.81. The first-order valence-corrected chi connectivity index (χ1v) is 9.42. The van der Waals surface area contributed by atoms with Crippen molar-refractivity contribution < 1.29 is 13.2 Å². The van der Waals surface area contributed by atoms with Gasteiger partial charge >= 0.3 is 0 Å². The van der Waals surface area contributed by atoms with Gasteiger partial charge in [0.2, 0.25) is 10.0 Å². The molecule has 0 N–H and O–H groups in total. The summed E-state index contributed by atoms with van der Waals surface area (Å²) >= 11 is 6.11. The van der Waals surface area contributed by atoms with Gasteiger partial charge in [-0.2, -0.15) is 4.31 Å².